The van der Waals surface area contributed by atoms with Gasteiger partial charge in [-0.3, -0.25) is 9.59 Å². The number of carbonyl (C=O) groups excluding carboxylic acids is 2. The van der Waals surface area contributed by atoms with E-state index < -0.39 is 5.41 Å². The van der Waals surface area contributed by atoms with E-state index in [1.165, 1.54) is 0 Å². The molecule has 4 heteroatoms. The van der Waals surface area contributed by atoms with E-state index in [-0.39, 0.29) is 23.5 Å². The SMILES string of the molecule is CC(C)[C@H]1C[C@@H]2[C@H](C)C(=O)[C@H]1C[C@@]2(C)C(=O)C=[N+]=[N-]. The van der Waals surface area contributed by atoms with E-state index >= 15 is 0 Å². The zero-order chi connectivity index (χ0) is 14.4. The normalized spacial score (nSPS) is 41.2. The Morgan fingerprint density at radius 3 is 2.68 bits per heavy atom. The number of rotatable bonds is 3. The van der Waals surface area contributed by atoms with Crippen LogP contribution in [0.25, 0.3) is 5.53 Å². The first kappa shape index (κ1) is 14.1. The van der Waals surface area contributed by atoms with Crippen LogP contribution in [0, 0.1) is 35.0 Å². The summed E-state index contributed by atoms with van der Waals surface area (Å²) in [6, 6.07) is 0. The molecule has 0 aliphatic heterocycles. The fourth-order valence-corrected chi connectivity index (χ4v) is 4.30. The van der Waals surface area contributed by atoms with Crippen molar-refractivity contribution in [2.75, 3.05) is 0 Å². The number of hydrogen-bond donors (Lipinski definition) is 0. The monoisotopic (exact) mass is 262 g/mol. The van der Waals surface area contributed by atoms with Gasteiger partial charge < -0.3 is 5.53 Å². The van der Waals surface area contributed by atoms with Crippen LogP contribution in [-0.2, 0) is 9.59 Å². The Hall–Kier alpha value is -1.28. The zero-order valence-corrected chi connectivity index (χ0v) is 12.1. The summed E-state index contributed by atoms with van der Waals surface area (Å²) < 4.78 is 0. The molecular formula is C15H22N2O2. The molecule has 0 aromatic carbocycles. The Balaban J connectivity index is 2.38. The molecule has 3 fully saturated rings. The highest BCUT2D eigenvalue weighted by Crippen LogP contribution is 2.57. The molecule has 3 saturated carbocycles. The highest BCUT2D eigenvalue weighted by Gasteiger charge is 2.59. The molecule has 0 saturated heterocycles. The van der Waals surface area contributed by atoms with Gasteiger partial charge in [0.2, 0.25) is 5.78 Å². The lowest BCUT2D eigenvalue weighted by atomic mass is 9.47. The third-order valence-electron chi connectivity index (χ3n) is 5.52. The summed E-state index contributed by atoms with van der Waals surface area (Å²) >= 11 is 0. The van der Waals surface area contributed by atoms with Gasteiger partial charge in [-0.25, -0.2) is 0 Å². The third-order valence-corrected chi connectivity index (χ3v) is 5.52. The summed E-state index contributed by atoms with van der Waals surface area (Å²) in [6.45, 7) is 8.17. The minimum Gasteiger partial charge on any atom is -0.361 e. The first-order valence-electron chi connectivity index (χ1n) is 7.08. The Morgan fingerprint density at radius 2 is 2.16 bits per heavy atom. The topological polar surface area (TPSA) is 70.5 Å². The first-order chi connectivity index (χ1) is 8.82. The fourth-order valence-electron chi connectivity index (χ4n) is 4.30. The number of carbonyl (C=O) groups is 2. The minimum atomic E-state index is -0.546. The third kappa shape index (κ3) is 1.99. The molecule has 0 radical (unpaired) electrons. The van der Waals surface area contributed by atoms with E-state index in [1.54, 1.807) is 0 Å². The van der Waals surface area contributed by atoms with Crippen molar-refractivity contribution in [2.24, 2.45) is 35.0 Å². The average molecular weight is 262 g/mol. The lowest BCUT2D eigenvalue weighted by Crippen LogP contribution is -2.57. The lowest BCUT2D eigenvalue weighted by Gasteiger charge is -2.54. The molecule has 4 nitrogen and oxygen atoms in total. The molecule has 0 heterocycles. The predicted octanol–water partition coefficient (Wildman–Crippen LogP) is 2.38. The van der Waals surface area contributed by atoms with E-state index in [0.717, 1.165) is 12.6 Å². The molecular weight excluding hydrogens is 240 g/mol. The van der Waals surface area contributed by atoms with Crippen LogP contribution in [-0.4, -0.2) is 22.6 Å². The minimum absolute atomic E-state index is 0.0129. The summed E-state index contributed by atoms with van der Waals surface area (Å²) in [4.78, 5) is 27.5. The van der Waals surface area contributed by atoms with Crippen molar-refractivity contribution in [3.63, 3.8) is 0 Å². The molecule has 0 spiro atoms. The molecule has 104 valence electrons. The number of fused-ring (bicyclic) bond motifs is 3. The van der Waals surface area contributed by atoms with Gasteiger partial charge in [0.05, 0.1) is 0 Å². The highest BCUT2D eigenvalue weighted by molar-refractivity contribution is 6.28. The fraction of sp³-hybridized carbons (Fsp3) is 0.800. The van der Waals surface area contributed by atoms with Crippen molar-refractivity contribution in [1.82, 2.24) is 0 Å². The molecule has 3 aliphatic carbocycles. The molecule has 0 N–H and O–H groups in total. The van der Waals surface area contributed by atoms with E-state index in [2.05, 4.69) is 18.6 Å². The van der Waals surface area contributed by atoms with Gasteiger partial charge in [0.25, 0.3) is 0 Å². The zero-order valence-electron chi connectivity index (χ0n) is 12.1. The van der Waals surface area contributed by atoms with E-state index in [9.17, 15) is 9.59 Å². The quantitative estimate of drug-likeness (QED) is 0.445. The van der Waals surface area contributed by atoms with Gasteiger partial charge in [-0.1, -0.05) is 27.7 Å². The highest BCUT2D eigenvalue weighted by atomic mass is 16.1. The lowest BCUT2D eigenvalue weighted by molar-refractivity contribution is -0.158. The number of hydrogen-bond acceptors (Lipinski definition) is 2. The summed E-state index contributed by atoms with van der Waals surface area (Å²) in [5.41, 5.74) is 8.05. The van der Waals surface area contributed by atoms with Gasteiger partial charge in [-0.2, -0.15) is 4.79 Å². The van der Waals surface area contributed by atoms with Crippen LogP contribution < -0.4 is 0 Å². The van der Waals surface area contributed by atoms with Gasteiger partial charge in [-0.15, -0.1) is 0 Å². The number of Topliss-reactive ketones (excluding diaryl/α,β-unsaturated/α-hetero) is 2. The van der Waals surface area contributed by atoms with Crippen LogP contribution >= 0.6 is 0 Å². The molecule has 0 unspecified atom stereocenters. The Bertz CT molecular complexity index is 465. The van der Waals surface area contributed by atoms with E-state index in [1.807, 2.05) is 13.8 Å². The maximum atomic E-state index is 12.4. The van der Waals surface area contributed by atoms with Crippen molar-refractivity contribution in [3.05, 3.63) is 5.53 Å². The van der Waals surface area contributed by atoms with Crippen LogP contribution in [0.2, 0.25) is 0 Å². The number of ketones is 2. The van der Waals surface area contributed by atoms with Crippen LogP contribution in [0.15, 0.2) is 0 Å². The summed E-state index contributed by atoms with van der Waals surface area (Å²) in [6.07, 6.45) is 2.54. The maximum Gasteiger partial charge on any atom is 0.323 e. The summed E-state index contributed by atoms with van der Waals surface area (Å²) in [7, 11) is 0. The van der Waals surface area contributed by atoms with E-state index in [4.69, 9.17) is 5.53 Å². The largest absolute Gasteiger partial charge is 0.361 e. The first-order valence-corrected chi connectivity index (χ1v) is 7.08. The Kier molecular flexibility index (Phi) is 3.48. The Morgan fingerprint density at radius 1 is 1.53 bits per heavy atom. The standard InChI is InChI=1S/C15H22N2O2/c1-8(2)10-5-12-9(3)14(19)11(10)6-15(12,4)13(18)7-17-16/h7-12H,5-6H2,1-4H3/t9-,10+,11-,12+,15+/m0/s1. The van der Waals surface area contributed by atoms with Crippen molar-refractivity contribution < 1.29 is 14.4 Å². The van der Waals surface area contributed by atoms with Crippen LogP contribution in [0.4, 0.5) is 0 Å². The molecule has 19 heavy (non-hydrogen) atoms. The average Bonchev–Trinajstić information content (AvgIpc) is 2.35. The summed E-state index contributed by atoms with van der Waals surface area (Å²) in [5, 5.41) is 0. The van der Waals surface area contributed by atoms with Crippen molar-refractivity contribution in [1.29, 1.82) is 0 Å². The molecule has 2 bridgehead atoms. The summed E-state index contributed by atoms with van der Waals surface area (Å²) in [5.74, 6) is 1.03. The second-order valence-electron chi connectivity index (χ2n) is 6.78. The van der Waals surface area contributed by atoms with Crippen molar-refractivity contribution in [3.8, 4) is 0 Å². The predicted molar refractivity (Wildman–Crippen MR) is 71.5 cm³/mol. The van der Waals surface area contributed by atoms with Gasteiger partial charge in [0.1, 0.15) is 5.78 Å². The second kappa shape index (κ2) is 4.68. The van der Waals surface area contributed by atoms with Gasteiger partial charge >= 0.3 is 6.21 Å². The van der Waals surface area contributed by atoms with Crippen LogP contribution in [0.1, 0.15) is 40.5 Å². The van der Waals surface area contributed by atoms with Crippen molar-refractivity contribution >= 4 is 17.8 Å². The van der Waals surface area contributed by atoms with Crippen LogP contribution in [0.3, 0.4) is 0 Å². The molecule has 0 aromatic heterocycles. The van der Waals surface area contributed by atoms with Crippen molar-refractivity contribution in [2.45, 2.75) is 40.5 Å². The Labute approximate surface area is 114 Å². The maximum absolute atomic E-state index is 12.4. The molecule has 5 atom stereocenters. The van der Waals surface area contributed by atoms with Gasteiger partial charge in [0.15, 0.2) is 0 Å². The van der Waals surface area contributed by atoms with Gasteiger partial charge in [0, 0.05) is 17.3 Å². The smallest absolute Gasteiger partial charge is 0.323 e. The molecule has 3 aliphatic rings. The van der Waals surface area contributed by atoms with Gasteiger partial charge in [-0.05, 0) is 30.6 Å². The number of nitrogens with zero attached hydrogens (tertiary/aromatic N) is 2. The van der Waals surface area contributed by atoms with Crippen LogP contribution in [0.5, 0.6) is 0 Å². The molecule has 0 amide bonds. The second-order valence-corrected chi connectivity index (χ2v) is 6.78. The van der Waals surface area contributed by atoms with E-state index in [0.29, 0.717) is 24.0 Å². The molecule has 3 rings (SSSR count). The molecule has 0 aromatic rings.